The van der Waals surface area contributed by atoms with E-state index in [1.807, 2.05) is 32.0 Å². The predicted octanol–water partition coefficient (Wildman–Crippen LogP) is 3.48. The second-order valence-corrected chi connectivity index (χ2v) is 5.25. The largest absolute Gasteiger partial charge is 0.381 e. The second kappa shape index (κ2) is 5.41. The molecule has 0 aromatic heterocycles. The van der Waals surface area contributed by atoms with E-state index < -0.39 is 0 Å². The summed E-state index contributed by atoms with van der Waals surface area (Å²) in [5, 5.41) is 2.97. The highest BCUT2D eigenvalue weighted by Gasteiger charge is 2.47. The van der Waals surface area contributed by atoms with Crippen molar-refractivity contribution in [3.05, 3.63) is 28.2 Å². The Morgan fingerprint density at radius 3 is 2.61 bits per heavy atom. The second-order valence-electron chi connectivity index (χ2n) is 4.34. The van der Waals surface area contributed by atoms with Crippen molar-refractivity contribution in [2.45, 2.75) is 32.1 Å². The maximum atomic E-state index is 12.1. The van der Waals surface area contributed by atoms with E-state index in [1.165, 1.54) is 0 Å². The van der Waals surface area contributed by atoms with Gasteiger partial charge in [0.1, 0.15) is 0 Å². The van der Waals surface area contributed by atoms with Crippen molar-refractivity contribution in [2.24, 2.45) is 0 Å². The minimum atomic E-state index is -0.339. The Bertz CT molecular complexity index is 453. The van der Waals surface area contributed by atoms with Gasteiger partial charge < -0.3 is 10.1 Å². The molecule has 2 aliphatic heterocycles. The number of anilines is 1. The van der Waals surface area contributed by atoms with Crippen LogP contribution in [0.3, 0.4) is 0 Å². The summed E-state index contributed by atoms with van der Waals surface area (Å²) in [6.07, 6.45) is 1.57. The van der Waals surface area contributed by atoms with Gasteiger partial charge in [0.25, 0.3) is 0 Å². The van der Waals surface area contributed by atoms with Crippen LogP contribution in [0.2, 0.25) is 0 Å². The number of hydrogen-bond donors (Lipinski definition) is 1. The van der Waals surface area contributed by atoms with Crippen molar-refractivity contribution in [1.29, 1.82) is 0 Å². The Morgan fingerprint density at radius 2 is 1.94 bits per heavy atom. The number of nitrogens with one attached hydrogen (secondary N) is 1. The fraction of sp³-hybridized carbons (Fsp3) is 0.500. The summed E-state index contributed by atoms with van der Waals surface area (Å²) in [7, 11) is 0. The lowest BCUT2D eigenvalue weighted by molar-refractivity contribution is -0.124. The summed E-state index contributed by atoms with van der Waals surface area (Å²) in [6, 6.07) is 6.01. The molecule has 2 heterocycles. The molecule has 98 valence electrons. The summed E-state index contributed by atoms with van der Waals surface area (Å²) in [4.78, 5) is 12.1. The van der Waals surface area contributed by atoms with Crippen LogP contribution in [0.5, 0.6) is 0 Å². The molecule has 1 aromatic carbocycles. The summed E-state index contributed by atoms with van der Waals surface area (Å²) in [6.45, 7) is 5.34. The molecule has 0 atom stereocenters. The molecule has 0 aliphatic carbocycles. The maximum Gasteiger partial charge on any atom is 0.235 e. The van der Waals surface area contributed by atoms with E-state index in [-0.39, 0.29) is 11.3 Å². The van der Waals surface area contributed by atoms with E-state index in [9.17, 15) is 4.79 Å². The smallest absolute Gasteiger partial charge is 0.235 e. The monoisotopic (exact) mass is 311 g/mol. The van der Waals surface area contributed by atoms with Crippen molar-refractivity contribution in [3.63, 3.8) is 0 Å². The minimum absolute atomic E-state index is 0.129. The third-order valence-corrected chi connectivity index (χ3v) is 4.02. The van der Waals surface area contributed by atoms with Crippen LogP contribution >= 0.6 is 15.9 Å². The van der Waals surface area contributed by atoms with Crippen LogP contribution < -0.4 is 5.32 Å². The van der Waals surface area contributed by atoms with Gasteiger partial charge in [0.2, 0.25) is 5.91 Å². The van der Waals surface area contributed by atoms with Gasteiger partial charge in [-0.25, -0.2) is 0 Å². The zero-order chi connectivity index (χ0) is 13.2. The summed E-state index contributed by atoms with van der Waals surface area (Å²) >= 11 is 3.42. The topological polar surface area (TPSA) is 38.3 Å². The van der Waals surface area contributed by atoms with E-state index in [4.69, 9.17) is 4.74 Å². The lowest BCUT2D eigenvalue weighted by Crippen LogP contribution is -2.39. The van der Waals surface area contributed by atoms with Gasteiger partial charge in [0.05, 0.1) is 5.41 Å². The van der Waals surface area contributed by atoms with Gasteiger partial charge >= 0.3 is 0 Å². The molecule has 0 radical (unpaired) electrons. The molecule has 18 heavy (non-hydrogen) atoms. The number of rotatable bonds is 0. The number of carbonyl (C=O) groups excluding carboxylic acids is 1. The predicted molar refractivity (Wildman–Crippen MR) is 75.9 cm³/mol. The Hall–Kier alpha value is -0.870. The van der Waals surface area contributed by atoms with Gasteiger partial charge in [-0.1, -0.05) is 35.8 Å². The third kappa shape index (κ3) is 2.08. The van der Waals surface area contributed by atoms with E-state index >= 15 is 0 Å². The highest BCUT2D eigenvalue weighted by Crippen LogP contribution is 2.45. The number of benzene rings is 1. The first-order chi connectivity index (χ1) is 8.72. The molecule has 1 fully saturated rings. The minimum Gasteiger partial charge on any atom is -0.381 e. The van der Waals surface area contributed by atoms with E-state index in [2.05, 4.69) is 21.2 Å². The van der Waals surface area contributed by atoms with Crippen LogP contribution in [0.1, 0.15) is 32.3 Å². The Labute approximate surface area is 116 Å². The molecule has 0 saturated carbocycles. The van der Waals surface area contributed by atoms with Crippen LogP contribution in [0.4, 0.5) is 5.69 Å². The van der Waals surface area contributed by atoms with Crippen LogP contribution in [0.15, 0.2) is 22.7 Å². The molecule has 0 bridgehead atoms. The first-order valence-electron chi connectivity index (χ1n) is 6.42. The zero-order valence-electron chi connectivity index (χ0n) is 10.8. The van der Waals surface area contributed by atoms with E-state index in [0.717, 1.165) is 28.6 Å². The first-order valence-corrected chi connectivity index (χ1v) is 7.21. The van der Waals surface area contributed by atoms with Crippen LogP contribution in [-0.4, -0.2) is 19.1 Å². The quantitative estimate of drug-likeness (QED) is 0.796. The van der Waals surface area contributed by atoms with Gasteiger partial charge in [-0.2, -0.15) is 0 Å². The highest BCUT2D eigenvalue weighted by molar-refractivity contribution is 9.10. The van der Waals surface area contributed by atoms with Crippen molar-refractivity contribution < 1.29 is 9.53 Å². The van der Waals surface area contributed by atoms with Crippen molar-refractivity contribution in [3.8, 4) is 0 Å². The third-order valence-electron chi connectivity index (χ3n) is 3.53. The SMILES string of the molecule is CC.O=C1Nc2cc(Br)ccc2C12CCOCC2. The molecule has 1 N–H and O–H groups in total. The van der Waals surface area contributed by atoms with Gasteiger partial charge in [-0.05, 0) is 30.5 Å². The van der Waals surface area contributed by atoms with Crippen LogP contribution in [-0.2, 0) is 14.9 Å². The molecule has 2 aliphatic rings. The van der Waals surface area contributed by atoms with Crippen molar-refractivity contribution in [2.75, 3.05) is 18.5 Å². The van der Waals surface area contributed by atoms with E-state index in [1.54, 1.807) is 0 Å². The lowest BCUT2D eigenvalue weighted by Gasteiger charge is -2.31. The lowest BCUT2D eigenvalue weighted by atomic mass is 9.75. The number of fused-ring (bicyclic) bond motifs is 2. The molecular formula is C14H18BrNO2. The number of carbonyl (C=O) groups is 1. The fourth-order valence-corrected chi connectivity index (χ4v) is 2.98. The normalized spacial score (nSPS) is 19.8. The Kier molecular flexibility index (Phi) is 4.07. The maximum absolute atomic E-state index is 12.1. The van der Waals surface area contributed by atoms with Crippen molar-refractivity contribution in [1.82, 2.24) is 0 Å². The number of amides is 1. The van der Waals surface area contributed by atoms with E-state index in [0.29, 0.717) is 13.2 Å². The number of ether oxygens (including phenoxy) is 1. The number of halogens is 1. The molecule has 4 heteroatoms. The molecule has 0 unspecified atom stereocenters. The van der Waals surface area contributed by atoms with Gasteiger partial charge in [0, 0.05) is 23.4 Å². The average molecular weight is 312 g/mol. The first kappa shape index (κ1) is 13.6. The Balaban J connectivity index is 0.000000574. The molecule has 1 saturated heterocycles. The van der Waals surface area contributed by atoms with Gasteiger partial charge in [-0.3, -0.25) is 4.79 Å². The van der Waals surface area contributed by atoms with Crippen LogP contribution in [0, 0.1) is 0 Å². The zero-order valence-corrected chi connectivity index (χ0v) is 12.3. The fourth-order valence-electron chi connectivity index (χ4n) is 2.62. The Morgan fingerprint density at radius 1 is 1.28 bits per heavy atom. The van der Waals surface area contributed by atoms with Crippen molar-refractivity contribution >= 4 is 27.5 Å². The molecular weight excluding hydrogens is 294 g/mol. The van der Waals surface area contributed by atoms with Gasteiger partial charge in [0.15, 0.2) is 0 Å². The molecule has 1 amide bonds. The summed E-state index contributed by atoms with van der Waals surface area (Å²) in [5.41, 5.74) is 1.74. The molecule has 1 spiro atoms. The average Bonchev–Trinajstić information content (AvgIpc) is 2.65. The van der Waals surface area contributed by atoms with Gasteiger partial charge in [-0.15, -0.1) is 0 Å². The molecule has 3 nitrogen and oxygen atoms in total. The summed E-state index contributed by atoms with van der Waals surface area (Å²) in [5.74, 6) is 0.129. The molecule has 1 aromatic rings. The van der Waals surface area contributed by atoms with Crippen LogP contribution in [0.25, 0.3) is 0 Å². The highest BCUT2D eigenvalue weighted by atomic mass is 79.9. The standard InChI is InChI=1S/C12H12BrNO2.C2H6/c13-8-1-2-9-10(7-8)14-11(15)12(9)3-5-16-6-4-12;1-2/h1-2,7H,3-6H2,(H,14,15);1-2H3. The number of hydrogen-bond acceptors (Lipinski definition) is 2. The summed E-state index contributed by atoms with van der Waals surface area (Å²) < 4.78 is 6.35. The molecule has 3 rings (SSSR count).